The van der Waals surface area contributed by atoms with Gasteiger partial charge in [0.25, 0.3) is 0 Å². The highest BCUT2D eigenvalue weighted by Crippen LogP contribution is 2.48. The van der Waals surface area contributed by atoms with E-state index in [1.165, 1.54) is 5.56 Å². The molecule has 5 rings (SSSR count). The summed E-state index contributed by atoms with van der Waals surface area (Å²) in [5.74, 6) is 0.357. The molecule has 2 saturated heterocycles. The van der Waals surface area contributed by atoms with Gasteiger partial charge in [-0.1, -0.05) is 42.5 Å². The number of likely N-dealkylation sites (tertiary alicyclic amines) is 1. The number of carbonyl (C=O) groups is 2. The van der Waals surface area contributed by atoms with Gasteiger partial charge < -0.3 is 14.5 Å². The second-order valence-electron chi connectivity index (χ2n) is 8.81. The Bertz CT molecular complexity index is 982. The SMILES string of the molecule is Cc1ccccc1CN1C(=O)C2(CCN(C(=O)C3CCOCC3)C2)c2ccccc21. The van der Waals surface area contributed by atoms with Crippen LogP contribution in [0.2, 0.25) is 0 Å². The van der Waals surface area contributed by atoms with Crippen molar-refractivity contribution in [3.05, 3.63) is 65.2 Å². The number of amides is 2. The number of nitrogens with zero attached hydrogens (tertiary/aromatic N) is 2. The lowest BCUT2D eigenvalue weighted by Crippen LogP contribution is -2.44. The quantitative estimate of drug-likeness (QED) is 0.788. The molecule has 2 aromatic carbocycles. The first-order valence-corrected chi connectivity index (χ1v) is 10.9. The Kier molecular flexibility index (Phi) is 4.86. The smallest absolute Gasteiger partial charge is 0.239 e. The van der Waals surface area contributed by atoms with Gasteiger partial charge in [-0.15, -0.1) is 0 Å². The van der Waals surface area contributed by atoms with Crippen LogP contribution >= 0.6 is 0 Å². The number of fused-ring (bicyclic) bond motifs is 2. The molecule has 0 N–H and O–H groups in total. The van der Waals surface area contributed by atoms with E-state index in [-0.39, 0.29) is 17.7 Å². The number of rotatable bonds is 3. The Morgan fingerprint density at radius 2 is 1.83 bits per heavy atom. The maximum absolute atomic E-state index is 13.8. The molecule has 5 nitrogen and oxygen atoms in total. The Balaban J connectivity index is 1.44. The standard InChI is InChI=1S/C25H28N2O3/c1-18-6-2-3-7-20(18)16-27-22-9-5-4-8-21(22)25(24(27)29)12-13-26(17-25)23(28)19-10-14-30-15-11-19/h2-9,19H,10-17H2,1H3. The molecule has 0 aliphatic carbocycles. The van der Waals surface area contributed by atoms with E-state index >= 15 is 0 Å². The van der Waals surface area contributed by atoms with Crippen LogP contribution in [0.5, 0.6) is 0 Å². The molecule has 1 unspecified atom stereocenters. The van der Waals surface area contributed by atoms with E-state index in [0.717, 1.165) is 29.7 Å². The number of para-hydroxylation sites is 1. The number of hydrogen-bond donors (Lipinski definition) is 0. The van der Waals surface area contributed by atoms with Crippen LogP contribution in [0, 0.1) is 12.8 Å². The van der Waals surface area contributed by atoms with Crippen LogP contribution < -0.4 is 4.90 Å². The molecule has 3 heterocycles. The van der Waals surface area contributed by atoms with Gasteiger partial charge in [0.15, 0.2) is 0 Å². The minimum absolute atomic E-state index is 0.0312. The summed E-state index contributed by atoms with van der Waals surface area (Å²) in [5.41, 5.74) is 3.80. The fourth-order valence-electron chi connectivity index (χ4n) is 5.31. The predicted octanol–water partition coefficient (Wildman–Crippen LogP) is 3.44. The van der Waals surface area contributed by atoms with E-state index in [2.05, 4.69) is 25.1 Å². The van der Waals surface area contributed by atoms with Crippen LogP contribution in [0.25, 0.3) is 0 Å². The third-order valence-electron chi connectivity index (χ3n) is 7.11. The van der Waals surface area contributed by atoms with E-state index in [4.69, 9.17) is 4.74 Å². The van der Waals surface area contributed by atoms with Gasteiger partial charge >= 0.3 is 0 Å². The van der Waals surface area contributed by atoms with Crippen molar-refractivity contribution >= 4 is 17.5 Å². The molecule has 156 valence electrons. The van der Waals surface area contributed by atoms with Crippen molar-refractivity contribution in [3.8, 4) is 0 Å². The summed E-state index contributed by atoms with van der Waals surface area (Å²) >= 11 is 0. The second kappa shape index (κ2) is 7.55. The lowest BCUT2D eigenvalue weighted by Gasteiger charge is -2.28. The van der Waals surface area contributed by atoms with Crippen molar-refractivity contribution < 1.29 is 14.3 Å². The van der Waals surface area contributed by atoms with E-state index in [0.29, 0.717) is 39.3 Å². The van der Waals surface area contributed by atoms with Gasteiger partial charge in [0.05, 0.1) is 12.0 Å². The largest absolute Gasteiger partial charge is 0.381 e. The average molecular weight is 405 g/mol. The van der Waals surface area contributed by atoms with Crippen molar-refractivity contribution in [2.75, 3.05) is 31.2 Å². The Morgan fingerprint density at radius 3 is 2.63 bits per heavy atom. The maximum Gasteiger partial charge on any atom is 0.239 e. The average Bonchev–Trinajstić information content (AvgIpc) is 3.33. The van der Waals surface area contributed by atoms with Crippen molar-refractivity contribution in [1.82, 2.24) is 4.90 Å². The molecule has 2 aromatic rings. The molecule has 0 bridgehead atoms. The van der Waals surface area contributed by atoms with E-state index < -0.39 is 5.41 Å². The number of hydrogen-bond acceptors (Lipinski definition) is 3. The first kappa shape index (κ1) is 19.3. The van der Waals surface area contributed by atoms with Crippen LogP contribution in [0.15, 0.2) is 48.5 Å². The topological polar surface area (TPSA) is 49.9 Å². The van der Waals surface area contributed by atoms with Crippen LogP contribution in [0.3, 0.4) is 0 Å². The zero-order valence-corrected chi connectivity index (χ0v) is 17.5. The fraction of sp³-hybridized carbons (Fsp3) is 0.440. The predicted molar refractivity (Wildman–Crippen MR) is 115 cm³/mol. The van der Waals surface area contributed by atoms with E-state index in [1.54, 1.807) is 0 Å². The number of aryl methyl sites for hydroxylation is 1. The maximum atomic E-state index is 13.8. The highest BCUT2D eigenvalue weighted by atomic mass is 16.5. The number of anilines is 1. The third kappa shape index (κ3) is 3.03. The summed E-state index contributed by atoms with van der Waals surface area (Å²) < 4.78 is 5.42. The minimum Gasteiger partial charge on any atom is -0.381 e. The lowest BCUT2D eigenvalue weighted by molar-refractivity contribution is -0.137. The highest BCUT2D eigenvalue weighted by molar-refractivity contribution is 6.09. The van der Waals surface area contributed by atoms with Gasteiger partial charge in [-0.2, -0.15) is 0 Å². The van der Waals surface area contributed by atoms with Crippen LogP contribution in [-0.4, -0.2) is 43.0 Å². The summed E-state index contributed by atoms with van der Waals surface area (Å²) in [7, 11) is 0. The molecule has 0 aromatic heterocycles. The van der Waals surface area contributed by atoms with Gasteiger partial charge in [0.1, 0.15) is 0 Å². The number of carbonyl (C=O) groups excluding carboxylic acids is 2. The van der Waals surface area contributed by atoms with Crippen molar-refractivity contribution in [2.45, 2.75) is 38.1 Å². The van der Waals surface area contributed by atoms with Crippen LogP contribution in [0.4, 0.5) is 5.69 Å². The highest BCUT2D eigenvalue weighted by Gasteiger charge is 2.55. The Labute approximate surface area is 177 Å². The van der Waals surface area contributed by atoms with Crippen molar-refractivity contribution in [1.29, 1.82) is 0 Å². The molecule has 0 radical (unpaired) electrons. The molecule has 1 spiro atoms. The Morgan fingerprint density at radius 1 is 1.10 bits per heavy atom. The van der Waals surface area contributed by atoms with Crippen LogP contribution in [-0.2, 0) is 26.3 Å². The first-order chi connectivity index (χ1) is 14.6. The molecule has 3 aliphatic rings. The second-order valence-corrected chi connectivity index (χ2v) is 8.81. The first-order valence-electron chi connectivity index (χ1n) is 10.9. The molecule has 2 amide bonds. The molecule has 1 atom stereocenters. The fourth-order valence-corrected chi connectivity index (χ4v) is 5.31. The molecule has 5 heteroatoms. The van der Waals surface area contributed by atoms with E-state index in [9.17, 15) is 9.59 Å². The number of benzene rings is 2. The van der Waals surface area contributed by atoms with Crippen LogP contribution in [0.1, 0.15) is 36.0 Å². The minimum atomic E-state index is -0.611. The normalized spacial score (nSPS) is 24.0. The van der Waals surface area contributed by atoms with Gasteiger partial charge in [0, 0.05) is 37.9 Å². The van der Waals surface area contributed by atoms with Gasteiger partial charge in [0.2, 0.25) is 11.8 Å². The summed E-state index contributed by atoms with van der Waals surface area (Å²) in [4.78, 5) is 30.8. The molecule has 0 saturated carbocycles. The zero-order valence-electron chi connectivity index (χ0n) is 17.5. The monoisotopic (exact) mass is 404 g/mol. The van der Waals surface area contributed by atoms with Crippen molar-refractivity contribution in [3.63, 3.8) is 0 Å². The van der Waals surface area contributed by atoms with Gasteiger partial charge in [-0.05, 0) is 48.9 Å². The lowest BCUT2D eigenvalue weighted by atomic mass is 9.81. The molecule has 2 fully saturated rings. The Hall–Kier alpha value is -2.66. The van der Waals surface area contributed by atoms with Gasteiger partial charge in [-0.25, -0.2) is 0 Å². The summed E-state index contributed by atoms with van der Waals surface area (Å²) in [5, 5.41) is 0. The third-order valence-corrected chi connectivity index (χ3v) is 7.11. The summed E-state index contributed by atoms with van der Waals surface area (Å²) in [6.07, 6.45) is 2.26. The molecule has 3 aliphatic heterocycles. The molecular formula is C25H28N2O3. The molecular weight excluding hydrogens is 376 g/mol. The number of ether oxygens (including phenoxy) is 1. The molecule has 30 heavy (non-hydrogen) atoms. The summed E-state index contributed by atoms with van der Waals surface area (Å²) in [6, 6.07) is 16.3. The zero-order chi connectivity index (χ0) is 20.7. The van der Waals surface area contributed by atoms with Gasteiger partial charge in [-0.3, -0.25) is 9.59 Å². The summed E-state index contributed by atoms with van der Waals surface area (Å²) in [6.45, 7) is 5.10. The van der Waals surface area contributed by atoms with E-state index in [1.807, 2.05) is 40.1 Å². The van der Waals surface area contributed by atoms with Crippen molar-refractivity contribution in [2.24, 2.45) is 5.92 Å².